The quantitative estimate of drug-likeness (QED) is 0.489. The minimum absolute atomic E-state index is 0.00514. The van der Waals surface area contributed by atoms with Crippen LogP contribution in [0.25, 0.3) is 10.2 Å². The molecule has 11 heteroatoms. The molecule has 0 saturated carbocycles. The topological polar surface area (TPSA) is 149 Å². The number of thiophene rings is 1. The van der Waals surface area contributed by atoms with Gasteiger partial charge in [0.05, 0.1) is 6.20 Å². The Balaban J connectivity index is 1.95. The predicted molar refractivity (Wildman–Crippen MR) is 98.2 cm³/mol. The van der Waals surface area contributed by atoms with Crippen molar-refractivity contribution in [3.8, 4) is 0 Å². The Bertz CT molecular complexity index is 936. The van der Waals surface area contributed by atoms with Gasteiger partial charge >= 0.3 is 0 Å². The lowest BCUT2D eigenvalue weighted by Gasteiger charge is -2.15. The second kappa shape index (κ2) is 6.99. The molecular formula is C14H15N7O2S2. The van der Waals surface area contributed by atoms with Crippen molar-refractivity contribution in [3.05, 3.63) is 23.3 Å². The van der Waals surface area contributed by atoms with Crippen molar-refractivity contribution in [3.63, 3.8) is 0 Å². The van der Waals surface area contributed by atoms with E-state index in [9.17, 15) is 9.59 Å². The molecule has 0 radical (unpaired) electrons. The zero-order chi connectivity index (χ0) is 18.0. The molecule has 3 heterocycles. The number of hydrogen-bond acceptors (Lipinski definition) is 9. The van der Waals surface area contributed by atoms with Crippen molar-refractivity contribution in [2.45, 2.75) is 19.4 Å². The van der Waals surface area contributed by atoms with Gasteiger partial charge in [0, 0.05) is 5.39 Å². The van der Waals surface area contributed by atoms with Gasteiger partial charge in [-0.15, -0.1) is 11.3 Å². The molecule has 3 aromatic rings. The number of anilines is 3. The average molecular weight is 377 g/mol. The summed E-state index contributed by atoms with van der Waals surface area (Å²) in [4.78, 5) is 32.3. The molecule has 0 aliphatic carbocycles. The molecule has 0 bridgehead atoms. The summed E-state index contributed by atoms with van der Waals surface area (Å²) < 4.78 is 4.31. The van der Waals surface area contributed by atoms with Crippen LogP contribution in [0.5, 0.6) is 0 Å². The third-order valence-electron chi connectivity index (χ3n) is 3.42. The first-order valence-electron chi connectivity index (χ1n) is 7.32. The Morgan fingerprint density at radius 2 is 2.16 bits per heavy atom. The van der Waals surface area contributed by atoms with Gasteiger partial charge in [-0.3, -0.25) is 9.59 Å². The average Bonchev–Trinajstić information content (AvgIpc) is 3.17. The van der Waals surface area contributed by atoms with Gasteiger partial charge < -0.3 is 22.1 Å². The highest BCUT2D eigenvalue weighted by atomic mass is 32.1. The van der Waals surface area contributed by atoms with Crippen molar-refractivity contribution in [1.82, 2.24) is 14.3 Å². The summed E-state index contributed by atoms with van der Waals surface area (Å²) in [5.74, 6) is -0.715. The molecular weight excluding hydrogens is 362 g/mol. The minimum Gasteiger partial charge on any atom is -0.368 e. The van der Waals surface area contributed by atoms with Gasteiger partial charge in [-0.1, -0.05) is 6.92 Å². The van der Waals surface area contributed by atoms with E-state index in [1.807, 2.05) is 18.4 Å². The second-order valence-corrected chi connectivity index (χ2v) is 6.77. The van der Waals surface area contributed by atoms with E-state index in [0.717, 1.165) is 15.2 Å². The highest BCUT2D eigenvalue weighted by molar-refractivity contribution is 7.21. The third-order valence-corrected chi connectivity index (χ3v) is 5.12. The van der Waals surface area contributed by atoms with Crippen LogP contribution in [0.2, 0.25) is 0 Å². The van der Waals surface area contributed by atoms with E-state index in [1.165, 1.54) is 29.1 Å². The zero-order valence-electron chi connectivity index (χ0n) is 13.1. The fraction of sp³-hybridized carbons (Fsp3) is 0.214. The summed E-state index contributed by atoms with van der Waals surface area (Å²) in [5.41, 5.74) is 10.7. The maximum atomic E-state index is 11.6. The Kier molecular flexibility index (Phi) is 4.76. The maximum Gasteiger partial charge on any atom is 0.271 e. The van der Waals surface area contributed by atoms with Crippen LogP contribution in [-0.2, 0) is 4.79 Å². The number of primary amides is 2. The second-order valence-electron chi connectivity index (χ2n) is 5.10. The number of aromatic nitrogens is 3. The molecule has 25 heavy (non-hydrogen) atoms. The Labute approximate surface area is 150 Å². The van der Waals surface area contributed by atoms with Gasteiger partial charge in [0.1, 0.15) is 21.7 Å². The first kappa shape index (κ1) is 17.0. The first-order chi connectivity index (χ1) is 12.0. The molecule has 6 N–H and O–H groups in total. The highest BCUT2D eigenvalue weighted by Crippen LogP contribution is 2.33. The number of nitrogens with zero attached hydrogens (tertiary/aromatic N) is 3. The summed E-state index contributed by atoms with van der Waals surface area (Å²) in [7, 11) is 0. The van der Waals surface area contributed by atoms with Crippen molar-refractivity contribution < 1.29 is 9.59 Å². The molecule has 0 spiro atoms. The minimum atomic E-state index is -0.713. The van der Waals surface area contributed by atoms with Crippen molar-refractivity contribution in [1.29, 1.82) is 0 Å². The number of nitrogens with two attached hydrogens (primary N) is 2. The van der Waals surface area contributed by atoms with Gasteiger partial charge in [-0.05, 0) is 29.4 Å². The SMILES string of the molecule is CCC(Nc1cnc(C(N)=O)c(Nc2snc3sccc23)n1)C(N)=O. The Hall–Kier alpha value is -2.79. The molecule has 0 aromatic carbocycles. The fourth-order valence-electron chi connectivity index (χ4n) is 2.16. The molecule has 0 saturated heterocycles. The summed E-state index contributed by atoms with van der Waals surface area (Å²) in [5, 5.41) is 9.53. The van der Waals surface area contributed by atoms with Crippen LogP contribution in [0.3, 0.4) is 0 Å². The zero-order valence-corrected chi connectivity index (χ0v) is 14.8. The molecule has 2 amide bonds. The van der Waals surface area contributed by atoms with Gasteiger partial charge in [0.25, 0.3) is 5.91 Å². The summed E-state index contributed by atoms with van der Waals surface area (Å²) in [6.07, 6.45) is 1.82. The number of carbonyl (C=O) groups excluding carboxylic acids is 2. The van der Waals surface area contributed by atoms with E-state index >= 15 is 0 Å². The van der Waals surface area contributed by atoms with Crippen LogP contribution in [0.4, 0.5) is 16.6 Å². The van der Waals surface area contributed by atoms with Gasteiger partial charge in [-0.25, -0.2) is 9.97 Å². The molecule has 130 valence electrons. The molecule has 3 rings (SSSR count). The molecule has 3 aromatic heterocycles. The molecule has 0 fully saturated rings. The van der Waals surface area contributed by atoms with Gasteiger partial charge in [0.15, 0.2) is 11.5 Å². The van der Waals surface area contributed by atoms with E-state index in [4.69, 9.17) is 11.5 Å². The van der Waals surface area contributed by atoms with E-state index in [0.29, 0.717) is 12.2 Å². The van der Waals surface area contributed by atoms with Crippen molar-refractivity contribution in [2.75, 3.05) is 10.6 Å². The fourth-order valence-corrected chi connectivity index (χ4v) is 3.81. The Morgan fingerprint density at radius 3 is 2.84 bits per heavy atom. The lowest BCUT2D eigenvalue weighted by molar-refractivity contribution is -0.118. The Morgan fingerprint density at radius 1 is 1.36 bits per heavy atom. The van der Waals surface area contributed by atoms with E-state index in [2.05, 4.69) is 25.0 Å². The number of amides is 2. The number of fused-ring (bicyclic) bond motifs is 1. The van der Waals surface area contributed by atoms with Gasteiger partial charge in [-0.2, -0.15) is 4.37 Å². The van der Waals surface area contributed by atoms with Crippen molar-refractivity contribution >= 4 is 61.5 Å². The van der Waals surface area contributed by atoms with E-state index in [1.54, 1.807) is 0 Å². The van der Waals surface area contributed by atoms with Crippen LogP contribution in [0, 0.1) is 0 Å². The number of carbonyl (C=O) groups is 2. The summed E-state index contributed by atoms with van der Waals surface area (Å²) in [6, 6.07) is 1.33. The van der Waals surface area contributed by atoms with Crippen LogP contribution in [0.1, 0.15) is 23.8 Å². The molecule has 0 aliphatic heterocycles. The molecule has 1 unspecified atom stereocenters. The predicted octanol–water partition coefficient (Wildman–Crippen LogP) is 1.67. The smallest absolute Gasteiger partial charge is 0.271 e. The van der Waals surface area contributed by atoms with Crippen molar-refractivity contribution in [2.24, 2.45) is 11.5 Å². The number of hydrogen-bond donors (Lipinski definition) is 4. The standard InChI is InChI=1S/C14H15N7O2S2/c1-2-7(10(15)22)18-8-5-17-9(11(16)23)12(19-8)20-13-6-3-4-24-14(6)21-25-13/h3-5,7H,2H2,1H3,(H2,15,22)(H2,16,23)(H2,18,19,20). The normalized spacial score (nSPS) is 12.0. The number of rotatable bonds is 7. The van der Waals surface area contributed by atoms with Crippen LogP contribution in [0.15, 0.2) is 17.6 Å². The van der Waals surface area contributed by atoms with Crippen LogP contribution < -0.4 is 22.1 Å². The largest absolute Gasteiger partial charge is 0.368 e. The number of nitrogens with one attached hydrogen (secondary N) is 2. The van der Waals surface area contributed by atoms with E-state index < -0.39 is 17.9 Å². The van der Waals surface area contributed by atoms with E-state index in [-0.39, 0.29) is 11.5 Å². The molecule has 1 atom stereocenters. The molecule has 0 aliphatic rings. The summed E-state index contributed by atoms with van der Waals surface area (Å²) >= 11 is 2.76. The third kappa shape index (κ3) is 3.51. The van der Waals surface area contributed by atoms with Gasteiger partial charge in [0.2, 0.25) is 5.91 Å². The lowest BCUT2D eigenvalue weighted by atomic mass is 10.2. The summed E-state index contributed by atoms with van der Waals surface area (Å²) in [6.45, 7) is 1.82. The van der Waals surface area contributed by atoms with Crippen LogP contribution >= 0.6 is 22.9 Å². The van der Waals surface area contributed by atoms with Crippen LogP contribution in [-0.4, -0.2) is 32.2 Å². The maximum absolute atomic E-state index is 11.6. The highest BCUT2D eigenvalue weighted by Gasteiger charge is 2.18. The first-order valence-corrected chi connectivity index (χ1v) is 8.97. The lowest BCUT2D eigenvalue weighted by Crippen LogP contribution is -2.35. The monoisotopic (exact) mass is 377 g/mol. The molecule has 9 nitrogen and oxygen atoms in total.